The molecular formula is C10H14N5O8P. The van der Waals surface area contributed by atoms with Crippen LogP contribution in [0.15, 0.2) is 11.1 Å². The van der Waals surface area contributed by atoms with Gasteiger partial charge in [0.15, 0.2) is 17.4 Å². The maximum Gasteiger partial charge on any atom is 0.469 e. The van der Waals surface area contributed by atoms with E-state index in [4.69, 9.17) is 20.3 Å². The number of phosphoric ester groups is 1. The first-order valence-corrected chi connectivity index (χ1v) is 8.14. The fourth-order valence-electron chi connectivity index (χ4n) is 2.40. The Morgan fingerprint density at radius 3 is 2.79 bits per heavy atom. The highest BCUT2D eigenvalue weighted by Crippen LogP contribution is 2.38. The van der Waals surface area contributed by atoms with Crippen molar-refractivity contribution in [1.29, 1.82) is 0 Å². The van der Waals surface area contributed by atoms with Crippen LogP contribution in [0.3, 0.4) is 0 Å². The molecule has 0 aliphatic carbocycles. The van der Waals surface area contributed by atoms with E-state index in [1.807, 2.05) is 0 Å². The lowest BCUT2D eigenvalue weighted by Gasteiger charge is -2.16. The van der Waals surface area contributed by atoms with Crippen molar-refractivity contribution in [3.05, 3.63) is 16.7 Å². The number of hydrogen-bond acceptors (Lipinski definition) is 9. The van der Waals surface area contributed by atoms with Crippen molar-refractivity contribution in [2.24, 2.45) is 0 Å². The molecule has 24 heavy (non-hydrogen) atoms. The average Bonchev–Trinajstić information content (AvgIpc) is 3.00. The number of phosphoric acid groups is 1. The van der Waals surface area contributed by atoms with Gasteiger partial charge in [0.05, 0.1) is 12.9 Å². The molecule has 2 aromatic heterocycles. The van der Waals surface area contributed by atoms with E-state index in [0.29, 0.717) is 0 Å². The third kappa shape index (κ3) is 3.06. The van der Waals surface area contributed by atoms with Gasteiger partial charge >= 0.3 is 7.82 Å². The first kappa shape index (κ1) is 17.0. The van der Waals surface area contributed by atoms with E-state index in [-0.39, 0.29) is 17.1 Å². The molecule has 0 amide bonds. The van der Waals surface area contributed by atoms with Crippen molar-refractivity contribution in [3.8, 4) is 0 Å². The maximum absolute atomic E-state index is 11.7. The number of nitrogens with one attached hydrogen (secondary N) is 1. The molecule has 3 rings (SSSR count). The Morgan fingerprint density at radius 1 is 1.42 bits per heavy atom. The van der Waals surface area contributed by atoms with Crippen molar-refractivity contribution in [2.45, 2.75) is 24.5 Å². The van der Waals surface area contributed by atoms with Crippen molar-refractivity contribution < 1.29 is 33.8 Å². The summed E-state index contributed by atoms with van der Waals surface area (Å²) in [7, 11) is -4.76. The molecule has 7 N–H and O–H groups in total. The quantitative estimate of drug-likeness (QED) is 0.185. The second kappa shape index (κ2) is 5.89. The summed E-state index contributed by atoms with van der Waals surface area (Å²) >= 11 is 0. The normalized spacial score (nSPS) is 27.8. The minimum absolute atomic E-state index is 0.0176. The lowest BCUT2D eigenvalue weighted by atomic mass is 11.1. The fraction of sp³-hybridized carbons (Fsp3) is 0.500. The first-order chi connectivity index (χ1) is 11.2. The number of ether oxygens (including phenoxy) is 1. The molecule has 13 nitrogen and oxygen atoms in total. The van der Waals surface area contributed by atoms with Crippen LogP contribution in [0.25, 0.3) is 11.2 Å². The zero-order chi connectivity index (χ0) is 17.6. The van der Waals surface area contributed by atoms with Gasteiger partial charge < -0.3 is 30.5 Å². The minimum atomic E-state index is -4.76. The monoisotopic (exact) mass is 378 g/mol. The van der Waals surface area contributed by atoms with Gasteiger partial charge in [-0.15, -0.1) is 0 Å². The van der Waals surface area contributed by atoms with Crippen molar-refractivity contribution in [3.63, 3.8) is 0 Å². The molecule has 0 saturated carbocycles. The van der Waals surface area contributed by atoms with E-state index in [9.17, 15) is 19.6 Å². The number of imidazole rings is 1. The third-order valence-electron chi connectivity index (χ3n) is 3.47. The van der Waals surface area contributed by atoms with E-state index in [0.717, 1.165) is 0 Å². The number of nitrogens with two attached hydrogens (primary N) is 1. The molecule has 14 heteroatoms. The largest absolute Gasteiger partial charge is 0.469 e. The Balaban J connectivity index is 1.90. The van der Waals surface area contributed by atoms with Gasteiger partial charge in [-0.25, -0.2) is 9.55 Å². The number of hydrogen-bond donors (Lipinski definition) is 6. The summed E-state index contributed by atoms with van der Waals surface area (Å²) in [5, 5.41) is 20.1. The third-order valence-corrected chi connectivity index (χ3v) is 3.95. The van der Waals surface area contributed by atoms with E-state index < -0.39 is 44.5 Å². The summed E-state index contributed by atoms with van der Waals surface area (Å²) in [5.41, 5.74) is 4.84. The van der Waals surface area contributed by atoms with E-state index in [2.05, 4.69) is 19.5 Å². The summed E-state index contributed by atoms with van der Waals surface area (Å²) in [6.45, 7) is -0.651. The van der Waals surface area contributed by atoms with Gasteiger partial charge in [-0.2, -0.15) is 4.98 Å². The number of aromatic nitrogens is 4. The predicted octanol–water partition coefficient (Wildman–Crippen LogP) is -2.57. The van der Waals surface area contributed by atoms with Gasteiger partial charge in [-0.3, -0.25) is 18.9 Å². The van der Waals surface area contributed by atoms with Crippen molar-refractivity contribution in [1.82, 2.24) is 19.5 Å². The summed E-state index contributed by atoms with van der Waals surface area (Å²) in [6.07, 6.45) is -4.22. The van der Waals surface area contributed by atoms with Gasteiger partial charge in [0.25, 0.3) is 5.56 Å². The molecule has 0 bridgehead atoms. The number of fused-ring (bicyclic) bond motifs is 1. The van der Waals surface area contributed by atoms with Crippen LogP contribution in [0, 0.1) is 0 Å². The van der Waals surface area contributed by atoms with E-state index in [1.54, 1.807) is 0 Å². The van der Waals surface area contributed by atoms with Crippen LogP contribution in [0.2, 0.25) is 0 Å². The van der Waals surface area contributed by atoms with Crippen LogP contribution in [-0.2, 0) is 13.8 Å². The number of aliphatic hydroxyl groups excluding tert-OH is 2. The van der Waals surface area contributed by atoms with Crippen LogP contribution < -0.4 is 11.3 Å². The smallest absolute Gasteiger partial charge is 0.387 e. The second-order valence-electron chi connectivity index (χ2n) is 5.11. The molecule has 0 spiro atoms. The number of nitrogens with zero attached hydrogens (tertiary/aromatic N) is 3. The highest BCUT2D eigenvalue weighted by atomic mass is 31.2. The van der Waals surface area contributed by atoms with Crippen LogP contribution in [0.4, 0.5) is 5.95 Å². The topological polar surface area (TPSA) is 206 Å². The summed E-state index contributed by atoms with van der Waals surface area (Å²) in [5.74, 6) is -0.177. The summed E-state index contributed by atoms with van der Waals surface area (Å²) in [4.78, 5) is 39.1. The van der Waals surface area contributed by atoms with Gasteiger partial charge in [0, 0.05) is 0 Å². The molecule has 0 aromatic carbocycles. The molecule has 0 radical (unpaired) electrons. The van der Waals surface area contributed by atoms with E-state index >= 15 is 0 Å². The number of aromatic amines is 1. The molecule has 1 unspecified atom stereocenters. The van der Waals surface area contributed by atoms with Gasteiger partial charge in [0.2, 0.25) is 5.95 Å². The molecule has 4 atom stereocenters. The molecule has 1 saturated heterocycles. The highest BCUT2D eigenvalue weighted by molar-refractivity contribution is 7.46. The number of H-pyrrole nitrogens is 1. The molecular weight excluding hydrogens is 364 g/mol. The molecule has 1 aliphatic heterocycles. The van der Waals surface area contributed by atoms with Gasteiger partial charge in [0.1, 0.15) is 18.3 Å². The molecule has 2 aromatic rings. The number of anilines is 1. The Hall–Kier alpha value is -1.86. The minimum Gasteiger partial charge on any atom is -0.387 e. The Morgan fingerprint density at radius 2 is 2.12 bits per heavy atom. The number of nitrogen functional groups attached to an aromatic ring is 1. The first-order valence-electron chi connectivity index (χ1n) is 6.61. The molecule has 1 fully saturated rings. The van der Waals surface area contributed by atoms with Crippen molar-refractivity contribution in [2.75, 3.05) is 12.3 Å². The molecule has 3 heterocycles. The molecule has 132 valence electrons. The van der Waals surface area contributed by atoms with Gasteiger partial charge in [-0.1, -0.05) is 0 Å². The Labute approximate surface area is 132 Å². The summed E-state index contributed by atoms with van der Waals surface area (Å²) < 4.78 is 21.6. The maximum atomic E-state index is 11.7. The standard InChI is InChI=1S/C10H14N5O8P/c11-10-13-7-4(8(18)14-10)12-2-15(7)9-6(17)5(16)3(23-9)1-22-24(19,20)21/h2-3,5-6,9,16-17H,1H2,(H2,19,20,21)(H3,11,13,14,18)/t3-,5+,6?,9-/m1/s1/i1+1,2+1,3+1,4+1,5+1,6+1,7+1,8+1,9+1,10+1,11+1,12+1,13+1,14+1,15+1. The zero-order valence-electron chi connectivity index (χ0n) is 11.9. The van der Waals surface area contributed by atoms with Crippen LogP contribution in [0.5, 0.6) is 0 Å². The average molecular weight is 378 g/mol. The summed E-state index contributed by atoms with van der Waals surface area (Å²) in [6, 6.07) is 0. The van der Waals surface area contributed by atoms with Crippen LogP contribution >= 0.6 is 7.82 Å². The van der Waals surface area contributed by atoms with Crippen LogP contribution in [-0.4, -0.2) is 64.4 Å². The predicted molar refractivity (Wildman–Crippen MR) is 76.5 cm³/mol. The molecule has 1 aliphatic rings. The fourth-order valence-corrected chi connectivity index (χ4v) is 2.74. The highest BCUT2D eigenvalue weighted by Gasteiger charge is 2.45. The zero-order valence-corrected chi connectivity index (χ0v) is 12.8. The lowest BCUT2D eigenvalue weighted by molar-refractivity contribution is -0.0503. The lowest BCUT2D eigenvalue weighted by Crippen LogP contribution is -2.33. The number of rotatable bonds is 4. The SMILES string of the molecule is [15NH2][13c]1[15n][13c]2[13c]([15n][13cH][15n]2[13C@@H]2O[13C@H]([13CH2]OP(=O)(O)O)[13C@H](O)[13CH]2O)[13c](=O)[15nH]1. The van der Waals surface area contributed by atoms with Crippen LogP contribution in [0.1, 0.15) is 6.23 Å². The van der Waals surface area contributed by atoms with Gasteiger partial charge in [-0.05, 0) is 0 Å². The van der Waals surface area contributed by atoms with E-state index in [1.165, 1.54) is 10.9 Å². The Bertz CT molecular complexity index is 861. The second-order valence-corrected chi connectivity index (χ2v) is 6.35. The Kier molecular flexibility index (Phi) is 4.17. The number of aliphatic hydroxyl groups is 2. The van der Waals surface area contributed by atoms with Crippen molar-refractivity contribution >= 4 is 24.9 Å².